The number of ether oxygens (including phenoxy) is 1. The van der Waals surface area contributed by atoms with Crippen LogP contribution in [0.15, 0.2) is 23.5 Å². The summed E-state index contributed by atoms with van der Waals surface area (Å²) in [5.74, 6) is 0.0116. The van der Waals surface area contributed by atoms with Gasteiger partial charge in [0, 0.05) is 25.9 Å². The zero-order valence-electron chi connectivity index (χ0n) is 17.5. The van der Waals surface area contributed by atoms with Gasteiger partial charge in [0.2, 0.25) is 0 Å². The standard InChI is InChI=1S/C23H38O5/c1-3-4-5-6-7-10-18(24)12-13-19-20-16-17(9-8-11-22(26)27)23(20,28-2)15-14-21(19)25/h9-10,19-21,24-25H,3-8,11-16H2,1-2H3,(H,26,27)/b17-9+,18-10?/t19-,20-,21-,23+/m0/s1. The van der Waals surface area contributed by atoms with E-state index in [0.717, 1.165) is 32.1 Å². The monoisotopic (exact) mass is 394 g/mol. The van der Waals surface area contributed by atoms with Crippen molar-refractivity contribution in [1.82, 2.24) is 0 Å². The van der Waals surface area contributed by atoms with Crippen LogP contribution in [0.25, 0.3) is 0 Å². The number of carbonyl (C=O) groups is 1. The van der Waals surface area contributed by atoms with Crippen LogP contribution in [-0.4, -0.2) is 40.1 Å². The smallest absolute Gasteiger partial charge is 0.303 e. The highest BCUT2D eigenvalue weighted by atomic mass is 16.5. The number of unbranched alkanes of at least 4 members (excludes halogenated alkanes) is 4. The van der Waals surface area contributed by atoms with Gasteiger partial charge in [-0.2, -0.15) is 0 Å². The van der Waals surface area contributed by atoms with Crippen molar-refractivity contribution in [3.05, 3.63) is 23.5 Å². The number of carboxylic acids is 1. The first-order valence-electron chi connectivity index (χ1n) is 11.0. The minimum Gasteiger partial charge on any atom is -0.513 e. The van der Waals surface area contributed by atoms with Crippen molar-refractivity contribution in [2.75, 3.05) is 7.11 Å². The number of hydrogen-bond acceptors (Lipinski definition) is 4. The van der Waals surface area contributed by atoms with Crippen LogP contribution in [0.4, 0.5) is 0 Å². The highest BCUT2D eigenvalue weighted by Crippen LogP contribution is 2.58. The lowest BCUT2D eigenvalue weighted by molar-refractivity contribution is -0.153. The average molecular weight is 395 g/mol. The zero-order chi connectivity index (χ0) is 20.6. The van der Waals surface area contributed by atoms with E-state index >= 15 is 0 Å². The molecule has 3 N–H and O–H groups in total. The summed E-state index contributed by atoms with van der Waals surface area (Å²) in [6.45, 7) is 2.19. The largest absolute Gasteiger partial charge is 0.513 e. The van der Waals surface area contributed by atoms with Gasteiger partial charge in [0.1, 0.15) is 0 Å². The van der Waals surface area contributed by atoms with Crippen LogP contribution < -0.4 is 0 Å². The van der Waals surface area contributed by atoms with Crippen LogP contribution in [0.1, 0.15) is 84.0 Å². The Morgan fingerprint density at radius 2 is 2.00 bits per heavy atom. The lowest BCUT2D eigenvalue weighted by Crippen LogP contribution is -2.59. The van der Waals surface area contributed by atoms with E-state index < -0.39 is 5.97 Å². The first-order chi connectivity index (χ1) is 13.4. The predicted molar refractivity (Wildman–Crippen MR) is 110 cm³/mol. The van der Waals surface area contributed by atoms with E-state index in [2.05, 4.69) is 6.92 Å². The Hall–Kier alpha value is -1.33. The van der Waals surface area contributed by atoms with Gasteiger partial charge in [0.25, 0.3) is 0 Å². The normalized spacial score (nSPS) is 31.5. The summed E-state index contributed by atoms with van der Waals surface area (Å²) < 4.78 is 5.93. The third-order valence-corrected chi connectivity index (χ3v) is 6.69. The molecular formula is C23H38O5. The Labute approximate surface area is 169 Å². The highest BCUT2D eigenvalue weighted by molar-refractivity contribution is 5.66. The van der Waals surface area contributed by atoms with Crippen LogP contribution in [-0.2, 0) is 9.53 Å². The number of aliphatic hydroxyl groups is 2. The molecule has 0 aromatic rings. The molecule has 0 aromatic heterocycles. The Morgan fingerprint density at radius 3 is 2.68 bits per heavy atom. The molecule has 0 spiro atoms. The maximum absolute atomic E-state index is 10.8. The van der Waals surface area contributed by atoms with Gasteiger partial charge in [-0.05, 0) is 62.5 Å². The van der Waals surface area contributed by atoms with E-state index in [9.17, 15) is 15.0 Å². The number of fused-ring (bicyclic) bond motifs is 1. The molecular weight excluding hydrogens is 356 g/mol. The molecule has 160 valence electrons. The molecule has 0 unspecified atom stereocenters. The summed E-state index contributed by atoms with van der Waals surface area (Å²) >= 11 is 0. The van der Waals surface area contributed by atoms with Crippen molar-refractivity contribution in [2.45, 2.75) is 95.7 Å². The highest BCUT2D eigenvalue weighted by Gasteiger charge is 2.58. The van der Waals surface area contributed by atoms with Crippen molar-refractivity contribution < 1.29 is 24.9 Å². The molecule has 0 radical (unpaired) electrons. The summed E-state index contributed by atoms with van der Waals surface area (Å²) in [4.78, 5) is 10.8. The minimum absolute atomic E-state index is 0.112. The molecule has 5 nitrogen and oxygen atoms in total. The Morgan fingerprint density at radius 1 is 1.21 bits per heavy atom. The summed E-state index contributed by atoms with van der Waals surface area (Å²) in [5, 5.41) is 29.6. The molecule has 0 saturated heterocycles. The van der Waals surface area contributed by atoms with Crippen molar-refractivity contribution in [3.8, 4) is 0 Å². The second-order valence-corrected chi connectivity index (χ2v) is 8.42. The van der Waals surface area contributed by atoms with Crippen LogP contribution in [0.5, 0.6) is 0 Å². The van der Waals surface area contributed by atoms with Gasteiger partial charge in [-0.25, -0.2) is 0 Å². The lowest BCUT2D eigenvalue weighted by atomic mass is 9.52. The molecule has 2 rings (SSSR count). The Bertz CT molecular complexity index is 567. The molecule has 0 heterocycles. The lowest BCUT2D eigenvalue weighted by Gasteiger charge is -2.58. The number of allylic oxidation sites excluding steroid dienone is 3. The molecule has 2 aliphatic carbocycles. The van der Waals surface area contributed by atoms with E-state index in [1.54, 1.807) is 7.11 Å². The molecule has 5 heteroatoms. The van der Waals surface area contributed by atoms with Crippen molar-refractivity contribution in [1.29, 1.82) is 0 Å². The second-order valence-electron chi connectivity index (χ2n) is 8.42. The fraction of sp³-hybridized carbons (Fsp3) is 0.783. The average Bonchev–Trinajstić information content (AvgIpc) is 2.65. The van der Waals surface area contributed by atoms with Crippen molar-refractivity contribution >= 4 is 5.97 Å². The maximum Gasteiger partial charge on any atom is 0.303 e. The minimum atomic E-state index is -0.784. The maximum atomic E-state index is 10.8. The van der Waals surface area contributed by atoms with Gasteiger partial charge < -0.3 is 20.1 Å². The number of hydrogen-bond donors (Lipinski definition) is 3. The van der Waals surface area contributed by atoms with Crippen LogP contribution >= 0.6 is 0 Å². The molecule has 2 saturated carbocycles. The molecule has 0 aliphatic heterocycles. The Kier molecular flexibility index (Phi) is 9.03. The number of aliphatic carboxylic acids is 1. The molecule has 2 aliphatic rings. The van der Waals surface area contributed by atoms with E-state index in [1.807, 2.05) is 12.2 Å². The number of rotatable bonds is 12. The zero-order valence-corrected chi connectivity index (χ0v) is 17.5. The Balaban J connectivity index is 1.90. The van der Waals surface area contributed by atoms with Gasteiger partial charge in [0.05, 0.1) is 17.5 Å². The molecule has 0 amide bonds. The van der Waals surface area contributed by atoms with Gasteiger partial charge >= 0.3 is 5.97 Å². The van der Waals surface area contributed by atoms with Gasteiger partial charge in [-0.15, -0.1) is 0 Å². The fourth-order valence-electron chi connectivity index (χ4n) is 5.03. The molecule has 2 fully saturated rings. The van der Waals surface area contributed by atoms with E-state index in [0.29, 0.717) is 25.0 Å². The van der Waals surface area contributed by atoms with Crippen LogP contribution in [0.2, 0.25) is 0 Å². The third-order valence-electron chi connectivity index (χ3n) is 6.69. The summed E-state index contributed by atoms with van der Waals surface area (Å²) in [6, 6.07) is 0. The topological polar surface area (TPSA) is 87.0 Å². The first-order valence-corrected chi connectivity index (χ1v) is 11.0. The summed E-state index contributed by atoms with van der Waals surface area (Å²) in [7, 11) is 1.72. The quantitative estimate of drug-likeness (QED) is 0.242. The molecule has 28 heavy (non-hydrogen) atoms. The van der Waals surface area contributed by atoms with Gasteiger partial charge in [-0.3, -0.25) is 4.79 Å². The van der Waals surface area contributed by atoms with Crippen LogP contribution in [0, 0.1) is 11.8 Å². The number of aliphatic hydroxyl groups excluding tert-OH is 2. The fourth-order valence-corrected chi connectivity index (χ4v) is 5.03. The number of carboxylic acid groups (broad SMARTS) is 1. The summed E-state index contributed by atoms with van der Waals surface area (Å²) in [6.07, 6.45) is 13.6. The summed E-state index contributed by atoms with van der Waals surface area (Å²) in [5.41, 5.74) is 0.843. The van der Waals surface area contributed by atoms with E-state index in [4.69, 9.17) is 9.84 Å². The predicted octanol–water partition coefficient (Wildman–Crippen LogP) is 5.15. The number of methoxy groups -OCH3 is 1. The molecule has 0 aromatic carbocycles. The van der Waals surface area contributed by atoms with Crippen LogP contribution in [0.3, 0.4) is 0 Å². The van der Waals surface area contributed by atoms with E-state index in [-0.39, 0.29) is 30.0 Å². The first kappa shape index (κ1) is 23.0. The van der Waals surface area contributed by atoms with Crippen molar-refractivity contribution in [3.63, 3.8) is 0 Å². The van der Waals surface area contributed by atoms with Crippen molar-refractivity contribution in [2.24, 2.45) is 11.8 Å². The van der Waals surface area contributed by atoms with Gasteiger partial charge in [0.15, 0.2) is 0 Å². The van der Waals surface area contributed by atoms with Gasteiger partial charge in [-0.1, -0.05) is 32.3 Å². The molecule has 4 atom stereocenters. The SMILES string of the molecule is CCCCCCC=C(O)CC[C@@H]1[C@@H](O)CC[C@@]2(OC)/C(=C/CCC(=O)O)C[C@@H]12. The van der Waals surface area contributed by atoms with E-state index in [1.165, 1.54) is 24.8 Å². The third kappa shape index (κ3) is 5.60. The molecule has 0 bridgehead atoms. The second kappa shape index (κ2) is 11.0.